The van der Waals surface area contributed by atoms with Gasteiger partial charge in [-0.05, 0) is 65.3 Å². The van der Waals surface area contributed by atoms with Crippen LogP contribution in [0.3, 0.4) is 0 Å². The van der Waals surface area contributed by atoms with Crippen molar-refractivity contribution in [1.29, 1.82) is 0 Å². The van der Waals surface area contributed by atoms with Crippen molar-refractivity contribution in [2.45, 2.75) is 60.8 Å². The van der Waals surface area contributed by atoms with Gasteiger partial charge in [0.2, 0.25) is 0 Å². The van der Waals surface area contributed by atoms with Crippen LogP contribution < -0.4 is 0 Å². The SMILES string of the molecule is C[C@@H]1[C@@H]2C[C@@H](C(=C3\C[C@@H]4C[C@H]3[C@H](C)C4(C)C)/C2=N\O)C1(C)C. The van der Waals surface area contributed by atoms with E-state index in [0.29, 0.717) is 28.6 Å². The Balaban J connectivity index is 1.81. The van der Waals surface area contributed by atoms with Gasteiger partial charge in [0.25, 0.3) is 0 Å². The molecule has 4 saturated carbocycles. The van der Waals surface area contributed by atoms with Crippen LogP contribution in [0.2, 0.25) is 0 Å². The maximum absolute atomic E-state index is 9.70. The highest BCUT2D eigenvalue weighted by atomic mass is 16.4. The molecule has 0 aromatic carbocycles. The first-order chi connectivity index (χ1) is 10.2. The van der Waals surface area contributed by atoms with Crippen molar-refractivity contribution in [2.24, 2.45) is 51.5 Å². The van der Waals surface area contributed by atoms with Gasteiger partial charge in [-0.15, -0.1) is 0 Å². The minimum atomic E-state index is 0.349. The number of allylic oxidation sites excluding steroid dienone is 2. The second-order valence-corrected chi connectivity index (χ2v) is 9.78. The van der Waals surface area contributed by atoms with Crippen LogP contribution in [0, 0.1) is 46.3 Å². The lowest BCUT2D eigenvalue weighted by Gasteiger charge is -2.42. The van der Waals surface area contributed by atoms with Crippen LogP contribution in [0.25, 0.3) is 0 Å². The maximum atomic E-state index is 9.70. The fourth-order valence-electron chi connectivity index (χ4n) is 6.55. The van der Waals surface area contributed by atoms with Gasteiger partial charge in [-0.3, -0.25) is 0 Å². The highest BCUT2D eigenvalue weighted by Gasteiger charge is 2.60. The Morgan fingerprint density at radius 3 is 2.14 bits per heavy atom. The topological polar surface area (TPSA) is 32.6 Å². The zero-order valence-electron chi connectivity index (χ0n) is 15.0. The molecule has 4 fully saturated rings. The number of hydrogen-bond donors (Lipinski definition) is 1. The van der Waals surface area contributed by atoms with Crippen molar-refractivity contribution in [3.63, 3.8) is 0 Å². The Bertz CT molecular complexity index is 579. The molecule has 0 radical (unpaired) electrons. The van der Waals surface area contributed by atoms with E-state index in [2.05, 4.69) is 46.7 Å². The van der Waals surface area contributed by atoms with E-state index in [0.717, 1.165) is 23.5 Å². The maximum Gasteiger partial charge on any atom is 0.0864 e. The zero-order chi connectivity index (χ0) is 16.0. The molecule has 22 heavy (non-hydrogen) atoms. The van der Waals surface area contributed by atoms with E-state index in [1.165, 1.54) is 24.8 Å². The summed E-state index contributed by atoms with van der Waals surface area (Å²) in [5.41, 5.74) is 5.06. The van der Waals surface area contributed by atoms with Crippen molar-refractivity contribution < 1.29 is 5.21 Å². The van der Waals surface area contributed by atoms with Crippen molar-refractivity contribution in [3.05, 3.63) is 11.1 Å². The second-order valence-electron chi connectivity index (χ2n) is 9.78. The first-order valence-corrected chi connectivity index (χ1v) is 9.16. The quantitative estimate of drug-likeness (QED) is 0.488. The van der Waals surface area contributed by atoms with Gasteiger partial charge in [0, 0.05) is 5.92 Å². The van der Waals surface area contributed by atoms with E-state index in [-0.39, 0.29) is 0 Å². The fourth-order valence-corrected chi connectivity index (χ4v) is 6.55. The highest BCUT2D eigenvalue weighted by molar-refractivity contribution is 6.06. The van der Waals surface area contributed by atoms with E-state index >= 15 is 0 Å². The van der Waals surface area contributed by atoms with Crippen LogP contribution in [0.4, 0.5) is 0 Å². The van der Waals surface area contributed by atoms with Gasteiger partial charge in [0.15, 0.2) is 0 Å². The molecule has 0 aromatic rings. The lowest BCUT2D eigenvalue weighted by molar-refractivity contribution is 0.160. The van der Waals surface area contributed by atoms with Gasteiger partial charge in [0.05, 0.1) is 5.71 Å². The molecule has 122 valence electrons. The number of rotatable bonds is 0. The molecule has 2 nitrogen and oxygen atoms in total. The van der Waals surface area contributed by atoms with Gasteiger partial charge in [-0.2, -0.15) is 0 Å². The fraction of sp³-hybridized carbons (Fsp3) is 0.850. The second kappa shape index (κ2) is 4.19. The predicted octanol–water partition coefficient (Wildman–Crippen LogP) is 5.13. The third-order valence-electron chi connectivity index (χ3n) is 8.88. The summed E-state index contributed by atoms with van der Waals surface area (Å²) >= 11 is 0. The van der Waals surface area contributed by atoms with Crippen molar-refractivity contribution >= 4 is 5.71 Å². The Morgan fingerprint density at radius 1 is 0.955 bits per heavy atom. The van der Waals surface area contributed by atoms with Crippen LogP contribution in [-0.2, 0) is 0 Å². The summed E-state index contributed by atoms with van der Waals surface area (Å²) < 4.78 is 0. The van der Waals surface area contributed by atoms with E-state index < -0.39 is 0 Å². The smallest absolute Gasteiger partial charge is 0.0864 e. The summed E-state index contributed by atoms with van der Waals surface area (Å²) in [7, 11) is 0. The number of oxime groups is 1. The summed E-state index contributed by atoms with van der Waals surface area (Å²) in [5, 5.41) is 13.5. The Hall–Kier alpha value is -0.790. The summed E-state index contributed by atoms with van der Waals surface area (Å²) in [4.78, 5) is 0. The lowest BCUT2D eigenvalue weighted by Crippen LogP contribution is -2.37. The predicted molar refractivity (Wildman–Crippen MR) is 89.9 cm³/mol. The third-order valence-corrected chi connectivity index (χ3v) is 8.88. The summed E-state index contributed by atoms with van der Waals surface area (Å²) in [6.07, 6.45) is 3.82. The first kappa shape index (κ1) is 14.8. The molecule has 0 heterocycles. The molecule has 0 aliphatic heterocycles. The van der Waals surface area contributed by atoms with Gasteiger partial charge < -0.3 is 5.21 Å². The van der Waals surface area contributed by atoms with Crippen LogP contribution >= 0.6 is 0 Å². The Labute approximate surface area is 135 Å². The van der Waals surface area contributed by atoms with Crippen molar-refractivity contribution in [3.8, 4) is 0 Å². The Kier molecular flexibility index (Phi) is 2.81. The summed E-state index contributed by atoms with van der Waals surface area (Å²) in [6.45, 7) is 14.6. The molecular weight excluding hydrogens is 270 g/mol. The van der Waals surface area contributed by atoms with E-state index in [4.69, 9.17) is 0 Å². The normalized spacial score (nSPS) is 52.9. The minimum Gasteiger partial charge on any atom is -0.411 e. The number of fused-ring (bicyclic) bond motifs is 4. The first-order valence-electron chi connectivity index (χ1n) is 9.16. The number of nitrogens with zero attached hydrogens (tertiary/aromatic N) is 1. The molecule has 0 saturated heterocycles. The standard InChI is InChI=1S/C20H31NO/c1-10-13-7-12(19(10,3)4)8-15(13)17-16-9-14(18(17)21-22)11(2)20(16,5)6/h10-14,16,22H,7-9H2,1-6H3/b17-15-,21-18-/t10-,11+,12-,13-,14-,16-/m0/s1. The molecule has 4 aliphatic rings. The molecule has 6 atom stereocenters. The molecule has 0 spiro atoms. The van der Waals surface area contributed by atoms with Gasteiger partial charge in [-0.25, -0.2) is 0 Å². The van der Waals surface area contributed by atoms with Gasteiger partial charge in [-0.1, -0.05) is 52.3 Å². The van der Waals surface area contributed by atoms with E-state index in [1.807, 2.05) is 0 Å². The van der Waals surface area contributed by atoms with Gasteiger partial charge in [0.1, 0.15) is 0 Å². The number of hydrogen-bond acceptors (Lipinski definition) is 2. The Morgan fingerprint density at radius 2 is 1.59 bits per heavy atom. The zero-order valence-corrected chi connectivity index (χ0v) is 15.0. The molecule has 0 unspecified atom stereocenters. The van der Waals surface area contributed by atoms with E-state index in [9.17, 15) is 5.21 Å². The molecule has 4 bridgehead atoms. The van der Waals surface area contributed by atoms with Crippen LogP contribution in [0.15, 0.2) is 16.3 Å². The average Bonchev–Trinajstić information content (AvgIpc) is 3.14. The summed E-state index contributed by atoms with van der Waals surface area (Å²) in [5.74, 6) is 4.04. The molecule has 0 amide bonds. The van der Waals surface area contributed by atoms with E-state index in [1.54, 1.807) is 5.57 Å². The molecule has 1 N–H and O–H groups in total. The molecule has 2 heteroatoms. The molecule has 0 aromatic heterocycles. The van der Waals surface area contributed by atoms with Crippen LogP contribution in [0.5, 0.6) is 0 Å². The minimum absolute atomic E-state index is 0.349. The van der Waals surface area contributed by atoms with Crippen molar-refractivity contribution in [2.75, 3.05) is 0 Å². The van der Waals surface area contributed by atoms with Crippen LogP contribution in [-0.4, -0.2) is 10.9 Å². The third kappa shape index (κ3) is 1.50. The summed E-state index contributed by atoms with van der Waals surface area (Å²) in [6, 6.07) is 0. The largest absolute Gasteiger partial charge is 0.411 e. The highest BCUT2D eigenvalue weighted by Crippen LogP contribution is 2.66. The molecule has 4 rings (SSSR count). The molecule has 4 aliphatic carbocycles. The lowest BCUT2D eigenvalue weighted by atomic mass is 9.62. The van der Waals surface area contributed by atoms with Crippen molar-refractivity contribution in [1.82, 2.24) is 0 Å². The molecular formula is C20H31NO. The monoisotopic (exact) mass is 301 g/mol. The average molecular weight is 301 g/mol. The van der Waals surface area contributed by atoms with Gasteiger partial charge >= 0.3 is 0 Å². The van der Waals surface area contributed by atoms with Crippen LogP contribution in [0.1, 0.15) is 60.8 Å².